The number of carbonyl (C=O) groups excluding carboxylic acids is 1. The van der Waals surface area contributed by atoms with Crippen LogP contribution in [-0.4, -0.2) is 36.6 Å². The van der Waals surface area contributed by atoms with E-state index in [1.54, 1.807) is 7.05 Å². The number of carbonyl (C=O) groups is 1. The highest BCUT2D eigenvalue weighted by atomic mass is 35.5. The first kappa shape index (κ1) is 22.2. The molecule has 3 rings (SSSR count). The molecule has 30 heavy (non-hydrogen) atoms. The molecule has 1 N–H and O–H groups in total. The zero-order chi connectivity index (χ0) is 21.9. The monoisotopic (exact) mass is 451 g/mol. The number of halogens is 1. The van der Waals surface area contributed by atoms with Crippen molar-refractivity contribution < 1.29 is 18.1 Å². The van der Waals surface area contributed by atoms with E-state index >= 15 is 0 Å². The lowest BCUT2D eigenvalue weighted by Gasteiger charge is -2.30. The van der Waals surface area contributed by atoms with Crippen LogP contribution < -0.4 is 5.32 Å². The Morgan fingerprint density at radius 1 is 1.13 bits per heavy atom. The molecule has 0 aromatic heterocycles. The Bertz CT molecular complexity index is 1050. The van der Waals surface area contributed by atoms with Gasteiger partial charge in [-0.2, -0.15) is 4.31 Å². The third kappa shape index (κ3) is 4.80. The summed E-state index contributed by atoms with van der Waals surface area (Å²) in [7, 11) is -2.03. The third-order valence-corrected chi connectivity index (χ3v) is 7.54. The summed E-state index contributed by atoms with van der Waals surface area (Å²) in [6, 6.07) is 9.40. The molecule has 10 heteroatoms. The van der Waals surface area contributed by atoms with E-state index in [1.807, 2.05) is 0 Å². The maximum atomic E-state index is 12.9. The van der Waals surface area contributed by atoms with Crippen molar-refractivity contribution in [3.05, 3.63) is 63.2 Å². The average Bonchev–Trinajstić information content (AvgIpc) is 2.74. The lowest BCUT2D eigenvalue weighted by atomic mass is 9.96. The van der Waals surface area contributed by atoms with E-state index in [9.17, 15) is 23.3 Å². The van der Waals surface area contributed by atoms with Crippen LogP contribution in [0.4, 0.5) is 11.4 Å². The van der Waals surface area contributed by atoms with Crippen LogP contribution in [0.3, 0.4) is 0 Å². The molecule has 2 aromatic carbocycles. The fourth-order valence-electron chi connectivity index (χ4n) is 3.52. The van der Waals surface area contributed by atoms with Crippen LogP contribution in [0.5, 0.6) is 0 Å². The van der Waals surface area contributed by atoms with Gasteiger partial charge in [-0.05, 0) is 43.2 Å². The molecule has 0 spiro atoms. The number of hydrogen-bond donors (Lipinski definition) is 1. The summed E-state index contributed by atoms with van der Waals surface area (Å²) >= 11 is 5.99. The van der Waals surface area contributed by atoms with Crippen molar-refractivity contribution in [2.75, 3.05) is 12.4 Å². The number of nitrogens with zero attached hydrogens (tertiary/aromatic N) is 2. The molecule has 0 aliphatic heterocycles. The number of amides is 1. The van der Waals surface area contributed by atoms with Crippen molar-refractivity contribution in [3.8, 4) is 0 Å². The molecular weight excluding hydrogens is 430 g/mol. The van der Waals surface area contributed by atoms with E-state index in [-0.39, 0.29) is 27.2 Å². The lowest BCUT2D eigenvalue weighted by Crippen LogP contribution is -2.38. The van der Waals surface area contributed by atoms with Crippen LogP contribution in [0.2, 0.25) is 5.02 Å². The summed E-state index contributed by atoms with van der Waals surface area (Å²) in [5.41, 5.74) is 0.0539. The third-order valence-electron chi connectivity index (χ3n) is 5.28. The van der Waals surface area contributed by atoms with Crippen molar-refractivity contribution in [2.24, 2.45) is 0 Å². The van der Waals surface area contributed by atoms with Gasteiger partial charge in [0, 0.05) is 30.9 Å². The number of nitro benzene ring substituents is 1. The maximum Gasteiger partial charge on any atom is 0.270 e. The van der Waals surface area contributed by atoms with Gasteiger partial charge in [0.05, 0.1) is 20.4 Å². The van der Waals surface area contributed by atoms with E-state index < -0.39 is 20.9 Å². The second-order valence-electron chi connectivity index (χ2n) is 7.21. The molecule has 1 aliphatic carbocycles. The van der Waals surface area contributed by atoms with Crippen LogP contribution in [0, 0.1) is 10.1 Å². The normalized spacial score (nSPS) is 15.2. The molecule has 8 nitrogen and oxygen atoms in total. The number of nitrogens with one attached hydrogen (secondary N) is 1. The second-order valence-corrected chi connectivity index (χ2v) is 9.62. The Morgan fingerprint density at radius 2 is 1.77 bits per heavy atom. The van der Waals surface area contributed by atoms with Gasteiger partial charge < -0.3 is 5.32 Å². The number of benzene rings is 2. The van der Waals surface area contributed by atoms with Gasteiger partial charge in [-0.15, -0.1) is 0 Å². The molecule has 0 heterocycles. The molecule has 1 fully saturated rings. The van der Waals surface area contributed by atoms with Crippen molar-refractivity contribution in [1.29, 1.82) is 0 Å². The Hall–Kier alpha value is -2.49. The van der Waals surface area contributed by atoms with Crippen molar-refractivity contribution in [2.45, 2.75) is 43.0 Å². The molecule has 2 aromatic rings. The fourth-order valence-corrected chi connectivity index (χ4v) is 5.14. The first-order chi connectivity index (χ1) is 14.2. The van der Waals surface area contributed by atoms with Gasteiger partial charge >= 0.3 is 0 Å². The van der Waals surface area contributed by atoms with Gasteiger partial charge in [0.25, 0.3) is 11.6 Å². The molecule has 0 bridgehead atoms. The minimum Gasteiger partial charge on any atom is -0.322 e. The molecular formula is C20H22ClN3O5S. The predicted molar refractivity (Wildman–Crippen MR) is 114 cm³/mol. The summed E-state index contributed by atoms with van der Waals surface area (Å²) in [5.74, 6) is -0.626. The van der Waals surface area contributed by atoms with Crippen LogP contribution in [0.25, 0.3) is 0 Å². The SMILES string of the molecule is CN(C1CCCCC1)S(=O)(=O)c1ccc(NC(=O)c2cc([N+](=O)[O-])ccc2Cl)cc1. The minimum atomic E-state index is -3.63. The van der Waals surface area contributed by atoms with Gasteiger partial charge in [0.15, 0.2) is 0 Å². The molecule has 0 atom stereocenters. The van der Waals surface area contributed by atoms with Gasteiger partial charge in [-0.25, -0.2) is 8.42 Å². The number of anilines is 1. The number of non-ortho nitro benzene ring substituents is 1. The zero-order valence-corrected chi connectivity index (χ0v) is 17.9. The van der Waals surface area contributed by atoms with E-state index in [0.717, 1.165) is 38.2 Å². The summed E-state index contributed by atoms with van der Waals surface area (Å²) in [6.45, 7) is 0. The van der Waals surface area contributed by atoms with Crippen molar-refractivity contribution in [3.63, 3.8) is 0 Å². The largest absolute Gasteiger partial charge is 0.322 e. The molecule has 1 amide bonds. The Kier molecular flexibility index (Phi) is 6.74. The minimum absolute atomic E-state index is 0.000794. The number of hydrogen-bond acceptors (Lipinski definition) is 5. The van der Waals surface area contributed by atoms with E-state index in [2.05, 4.69) is 5.32 Å². The number of sulfonamides is 1. The highest BCUT2D eigenvalue weighted by Gasteiger charge is 2.29. The number of nitro groups is 1. The fraction of sp³-hybridized carbons (Fsp3) is 0.350. The molecule has 1 saturated carbocycles. The molecule has 0 radical (unpaired) electrons. The first-order valence-corrected chi connectivity index (χ1v) is 11.4. The highest BCUT2D eigenvalue weighted by molar-refractivity contribution is 7.89. The summed E-state index contributed by atoms with van der Waals surface area (Å²) in [4.78, 5) is 22.9. The predicted octanol–water partition coefficient (Wildman–Crippen LogP) is 4.45. The Morgan fingerprint density at radius 3 is 2.37 bits per heavy atom. The molecule has 0 saturated heterocycles. The molecule has 160 valence electrons. The highest BCUT2D eigenvalue weighted by Crippen LogP contribution is 2.27. The Balaban J connectivity index is 1.75. The first-order valence-electron chi connectivity index (χ1n) is 9.53. The van der Waals surface area contributed by atoms with E-state index in [1.165, 1.54) is 40.7 Å². The lowest BCUT2D eigenvalue weighted by molar-refractivity contribution is -0.384. The van der Waals surface area contributed by atoms with Crippen LogP contribution >= 0.6 is 11.6 Å². The number of rotatable bonds is 6. The summed E-state index contributed by atoms with van der Waals surface area (Å²) in [6.07, 6.45) is 4.89. The molecule has 1 aliphatic rings. The van der Waals surface area contributed by atoms with Gasteiger partial charge in [0.1, 0.15) is 0 Å². The van der Waals surface area contributed by atoms with Crippen molar-refractivity contribution in [1.82, 2.24) is 4.31 Å². The van der Waals surface area contributed by atoms with Gasteiger partial charge in [-0.3, -0.25) is 14.9 Å². The smallest absolute Gasteiger partial charge is 0.270 e. The maximum absolute atomic E-state index is 12.9. The van der Waals surface area contributed by atoms with Crippen LogP contribution in [0.1, 0.15) is 42.5 Å². The van der Waals surface area contributed by atoms with Crippen LogP contribution in [0.15, 0.2) is 47.4 Å². The summed E-state index contributed by atoms with van der Waals surface area (Å²) < 4.78 is 27.2. The van der Waals surface area contributed by atoms with E-state index in [4.69, 9.17) is 11.6 Å². The Labute approximate surface area is 180 Å². The van der Waals surface area contributed by atoms with E-state index in [0.29, 0.717) is 5.69 Å². The van der Waals surface area contributed by atoms with Crippen molar-refractivity contribution >= 4 is 38.9 Å². The van der Waals surface area contributed by atoms with Crippen LogP contribution in [-0.2, 0) is 10.0 Å². The quantitative estimate of drug-likeness (QED) is 0.515. The standard InChI is InChI=1S/C20H22ClN3O5S/c1-23(15-5-3-2-4-6-15)30(28,29)17-10-7-14(8-11-17)22-20(25)18-13-16(24(26)27)9-12-19(18)21/h7-13,15H,2-6H2,1H3,(H,22,25). The van der Waals surface area contributed by atoms with Gasteiger partial charge in [-0.1, -0.05) is 30.9 Å². The average molecular weight is 452 g/mol. The zero-order valence-electron chi connectivity index (χ0n) is 16.4. The summed E-state index contributed by atoms with van der Waals surface area (Å²) in [5, 5.41) is 13.6. The second kappa shape index (κ2) is 9.11. The van der Waals surface area contributed by atoms with Gasteiger partial charge in [0.2, 0.25) is 10.0 Å². The topological polar surface area (TPSA) is 110 Å². The molecule has 0 unspecified atom stereocenters.